The summed E-state index contributed by atoms with van der Waals surface area (Å²) in [6.45, 7) is 2.69. The Morgan fingerprint density at radius 1 is 1.26 bits per heavy atom. The van der Waals surface area contributed by atoms with Gasteiger partial charge in [0.2, 0.25) is 0 Å². The predicted molar refractivity (Wildman–Crippen MR) is 88.8 cm³/mol. The summed E-state index contributed by atoms with van der Waals surface area (Å²) in [5.74, 6) is 0.159. The summed E-state index contributed by atoms with van der Waals surface area (Å²) in [5, 5.41) is 0. The lowest BCUT2D eigenvalue weighted by atomic mass is 9.94. The second-order valence-corrected chi connectivity index (χ2v) is 8.08. The molecular formula is C17H21N3O2S. The molecule has 1 atom stereocenters. The van der Waals surface area contributed by atoms with E-state index in [-0.39, 0.29) is 5.92 Å². The van der Waals surface area contributed by atoms with Gasteiger partial charge >= 0.3 is 0 Å². The number of pyridine rings is 2. The number of likely N-dealkylation sites (tertiary alicyclic amines) is 1. The Kier molecular flexibility index (Phi) is 4.73. The van der Waals surface area contributed by atoms with Crippen LogP contribution in [-0.4, -0.2) is 42.6 Å². The third-order valence-electron chi connectivity index (χ3n) is 4.22. The van der Waals surface area contributed by atoms with Crippen molar-refractivity contribution in [2.75, 3.05) is 19.3 Å². The molecule has 1 aliphatic heterocycles. The van der Waals surface area contributed by atoms with E-state index in [1.165, 1.54) is 11.8 Å². The van der Waals surface area contributed by atoms with Gasteiger partial charge in [-0.15, -0.1) is 0 Å². The largest absolute Gasteiger partial charge is 0.298 e. The zero-order valence-electron chi connectivity index (χ0n) is 13.2. The molecule has 5 nitrogen and oxygen atoms in total. The SMILES string of the molecule is CS(=O)(=O)c1cccnc1[C@@H]1CCCN(Cc2cccnc2)C1. The average Bonchev–Trinajstić information content (AvgIpc) is 2.55. The molecule has 2 aromatic heterocycles. The minimum Gasteiger partial charge on any atom is -0.298 e. The molecule has 3 heterocycles. The zero-order chi connectivity index (χ0) is 16.3. The Bertz CT molecular complexity index is 762. The molecular weight excluding hydrogens is 310 g/mol. The van der Waals surface area contributed by atoms with Crippen molar-refractivity contribution in [3.63, 3.8) is 0 Å². The van der Waals surface area contributed by atoms with Gasteiger partial charge in [0, 0.05) is 43.9 Å². The first kappa shape index (κ1) is 16.1. The molecule has 23 heavy (non-hydrogen) atoms. The summed E-state index contributed by atoms with van der Waals surface area (Å²) in [7, 11) is -3.25. The molecule has 6 heteroatoms. The minimum absolute atomic E-state index is 0.159. The van der Waals surface area contributed by atoms with Crippen LogP contribution in [0.25, 0.3) is 0 Å². The lowest BCUT2D eigenvalue weighted by Crippen LogP contribution is -2.34. The topological polar surface area (TPSA) is 63.2 Å². The van der Waals surface area contributed by atoms with Crippen LogP contribution in [0.2, 0.25) is 0 Å². The van der Waals surface area contributed by atoms with Gasteiger partial charge in [-0.3, -0.25) is 14.9 Å². The van der Waals surface area contributed by atoms with Crippen LogP contribution in [0.3, 0.4) is 0 Å². The highest BCUT2D eigenvalue weighted by Crippen LogP contribution is 2.30. The minimum atomic E-state index is -3.25. The molecule has 1 fully saturated rings. The molecule has 3 rings (SSSR count). The Morgan fingerprint density at radius 2 is 2.09 bits per heavy atom. The Labute approximate surface area is 137 Å². The molecule has 0 bridgehead atoms. The van der Waals surface area contributed by atoms with Crippen LogP contribution in [0.15, 0.2) is 47.8 Å². The Morgan fingerprint density at radius 3 is 2.83 bits per heavy atom. The highest BCUT2D eigenvalue weighted by atomic mass is 32.2. The summed E-state index contributed by atoms with van der Waals surface area (Å²) in [4.78, 5) is 11.3. The van der Waals surface area contributed by atoms with Crippen LogP contribution < -0.4 is 0 Å². The molecule has 0 unspecified atom stereocenters. The van der Waals surface area contributed by atoms with Gasteiger partial charge in [0.1, 0.15) is 0 Å². The fraction of sp³-hybridized carbons (Fsp3) is 0.412. The smallest absolute Gasteiger partial charge is 0.177 e. The van der Waals surface area contributed by atoms with Gasteiger partial charge in [0.05, 0.1) is 10.6 Å². The molecule has 0 saturated carbocycles. The molecule has 0 spiro atoms. The normalized spacial score (nSPS) is 19.6. The van der Waals surface area contributed by atoms with Crippen molar-refractivity contribution in [1.29, 1.82) is 0 Å². The van der Waals surface area contributed by atoms with E-state index in [4.69, 9.17) is 0 Å². The van der Waals surface area contributed by atoms with Crippen molar-refractivity contribution in [1.82, 2.24) is 14.9 Å². The number of nitrogens with zero attached hydrogens (tertiary/aromatic N) is 3. The molecule has 122 valence electrons. The van der Waals surface area contributed by atoms with Crippen molar-refractivity contribution in [2.45, 2.75) is 30.2 Å². The summed E-state index contributed by atoms with van der Waals surface area (Å²) < 4.78 is 24.0. The molecule has 1 aliphatic rings. The van der Waals surface area contributed by atoms with Crippen LogP contribution in [0.5, 0.6) is 0 Å². The van der Waals surface area contributed by atoms with Gasteiger partial charge in [0.15, 0.2) is 9.84 Å². The number of aromatic nitrogens is 2. The second-order valence-electron chi connectivity index (χ2n) is 6.09. The molecule has 0 amide bonds. The van der Waals surface area contributed by atoms with Crippen molar-refractivity contribution in [2.24, 2.45) is 0 Å². The van der Waals surface area contributed by atoms with E-state index < -0.39 is 9.84 Å². The summed E-state index contributed by atoms with van der Waals surface area (Å²) in [5.41, 5.74) is 1.89. The first-order valence-corrected chi connectivity index (χ1v) is 9.69. The zero-order valence-corrected chi connectivity index (χ0v) is 14.0. The van der Waals surface area contributed by atoms with Crippen LogP contribution in [0.4, 0.5) is 0 Å². The summed E-state index contributed by atoms with van der Waals surface area (Å²) in [6, 6.07) is 7.37. The highest BCUT2D eigenvalue weighted by Gasteiger charge is 2.27. The van der Waals surface area contributed by atoms with Crippen molar-refractivity contribution < 1.29 is 8.42 Å². The number of rotatable bonds is 4. The van der Waals surface area contributed by atoms with Crippen LogP contribution >= 0.6 is 0 Å². The van der Waals surface area contributed by atoms with E-state index in [1.807, 2.05) is 12.3 Å². The van der Waals surface area contributed by atoms with Gasteiger partial charge in [-0.2, -0.15) is 0 Å². The van der Waals surface area contributed by atoms with Gasteiger partial charge in [-0.1, -0.05) is 6.07 Å². The van der Waals surface area contributed by atoms with Gasteiger partial charge in [-0.05, 0) is 43.1 Å². The second kappa shape index (κ2) is 6.76. The Hall–Kier alpha value is -1.79. The quantitative estimate of drug-likeness (QED) is 0.860. The average molecular weight is 331 g/mol. The maximum Gasteiger partial charge on any atom is 0.177 e. The van der Waals surface area contributed by atoms with Gasteiger partial charge in [-0.25, -0.2) is 8.42 Å². The van der Waals surface area contributed by atoms with Crippen LogP contribution in [-0.2, 0) is 16.4 Å². The third kappa shape index (κ3) is 3.95. The lowest BCUT2D eigenvalue weighted by Gasteiger charge is -2.33. The molecule has 0 radical (unpaired) electrons. The lowest BCUT2D eigenvalue weighted by molar-refractivity contribution is 0.197. The first-order chi connectivity index (χ1) is 11.0. The molecule has 2 aromatic rings. The van der Waals surface area contributed by atoms with E-state index in [0.717, 1.165) is 32.5 Å². The monoisotopic (exact) mass is 331 g/mol. The summed E-state index contributed by atoms with van der Waals surface area (Å²) in [6.07, 6.45) is 8.61. The standard InChI is InChI=1S/C17H21N3O2S/c1-23(21,22)16-7-3-9-19-17(16)15-6-4-10-20(13-15)12-14-5-2-8-18-11-14/h2-3,5,7-9,11,15H,4,6,10,12-13H2,1H3/t15-/m1/s1. The third-order valence-corrected chi connectivity index (χ3v) is 5.36. The van der Waals surface area contributed by atoms with E-state index in [9.17, 15) is 8.42 Å². The van der Waals surface area contributed by atoms with Gasteiger partial charge < -0.3 is 0 Å². The number of piperidine rings is 1. The highest BCUT2D eigenvalue weighted by molar-refractivity contribution is 7.90. The number of hydrogen-bond donors (Lipinski definition) is 0. The predicted octanol–water partition coefficient (Wildman–Crippen LogP) is 2.26. The maximum absolute atomic E-state index is 12.0. The first-order valence-electron chi connectivity index (χ1n) is 7.80. The summed E-state index contributed by atoms with van der Waals surface area (Å²) >= 11 is 0. The van der Waals surface area contributed by atoms with Crippen LogP contribution in [0.1, 0.15) is 30.0 Å². The van der Waals surface area contributed by atoms with Crippen molar-refractivity contribution in [3.05, 3.63) is 54.1 Å². The fourth-order valence-corrected chi connectivity index (χ4v) is 4.12. The van der Waals surface area contributed by atoms with E-state index in [1.54, 1.807) is 24.5 Å². The van der Waals surface area contributed by atoms with E-state index in [0.29, 0.717) is 10.6 Å². The fourth-order valence-electron chi connectivity index (χ4n) is 3.20. The number of hydrogen-bond acceptors (Lipinski definition) is 5. The van der Waals surface area contributed by atoms with Crippen LogP contribution in [0, 0.1) is 0 Å². The number of sulfone groups is 1. The Balaban J connectivity index is 1.79. The molecule has 0 N–H and O–H groups in total. The van der Waals surface area contributed by atoms with Crippen molar-refractivity contribution in [3.8, 4) is 0 Å². The van der Waals surface area contributed by atoms with Crippen molar-refractivity contribution >= 4 is 9.84 Å². The van der Waals surface area contributed by atoms with E-state index in [2.05, 4.69) is 20.9 Å². The maximum atomic E-state index is 12.0. The van der Waals surface area contributed by atoms with E-state index >= 15 is 0 Å². The molecule has 0 aliphatic carbocycles. The van der Waals surface area contributed by atoms with Gasteiger partial charge in [0.25, 0.3) is 0 Å². The molecule has 0 aromatic carbocycles. The molecule has 1 saturated heterocycles.